The van der Waals surface area contributed by atoms with Crippen LogP contribution >= 0.6 is 15.9 Å². The summed E-state index contributed by atoms with van der Waals surface area (Å²) in [6.45, 7) is 2.08. The summed E-state index contributed by atoms with van der Waals surface area (Å²) in [5, 5.41) is 1.18. The summed E-state index contributed by atoms with van der Waals surface area (Å²) in [4.78, 5) is 4.25. The molecule has 0 saturated heterocycles. The maximum absolute atomic E-state index is 4.25. The molecule has 0 amide bonds. The first-order valence-corrected chi connectivity index (χ1v) is 4.57. The Balaban J connectivity index is 2.88. The number of pyridine rings is 1. The molecular weight excluding hydrogens is 214 g/mol. The molecule has 0 unspecified atom stereocenters. The molecule has 0 aliphatic rings. The Hall–Kier alpha value is -0.890. The van der Waals surface area contributed by atoms with Gasteiger partial charge in [-0.1, -0.05) is 27.6 Å². The first-order chi connectivity index (χ1) is 5.77. The summed E-state index contributed by atoms with van der Waals surface area (Å²) >= 11 is 3.49. The number of benzene rings is 1. The van der Waals surface area contributed by atoms with Crippen LogP contribution in [0.4, 0.5) is 0 Å². The largest absolute Gasteiger partial charge is 0.256 e. The molecule has 0 fully saturated rings. The van der Waals surface area contributed by atoms with Gasteiger partial charge in [-0.15, -0.1) is 0 Å². The zero-order chi connectivity index (χ0) is 8.55. The fourth-order valence-corrected chi connectivity index (χ4v) is 1.66. The number of hydrogen-bond acceptors (Lipinski definition) is 1. The standard InChI is InChI=1S/C10H8BrN/c1-7-2-3-10-8(6-7)9(11)4-5-12-10/h2-6H,1H3. The van der Waals surface area contributed by atoms with E-state index < -0.39 is 0 Å². The van der Waals surface area contributed by atoms with Gasteiger partial charge in [0.1, 0.15) is 0 Å². The number of nitrogens with zero attached hydrogens (tertiary/aromatic N) is 1. The lowest BCUT2D eigenvalue weighted by atomic mass is 10.1. The molecule has 1 aromatic carbocycles. The van der Waals surface area contributed by atoms with Gasteiger partial charge < -0.3 is 0 Å². The van der Waals surface area contributed by atoms with Gasteiger partial charge in [-0.3, -0.25) is 4.98 Å². The van der Waals surface area contributed by atoms with Crippen molar-refractivity contribution >= 4 is 26.8 Å². The fraction of sp³-hybridized carbons (Fsp3) is 0.100. The van der Waals surface area contributed by atoms with Gasteiger partial charge in [-0.25, -0.2) is 0 Å². The second-order valence-electron chi connectivity index (χ2n) is 2.81. The van der Waals surface area contributed by atoms with Crippen molar-refractivity contribution < 1.29 is 0 Å². The molecule has 2 aromatic rings. The van der Waals surface area contributed by atoms with Gasteiger partial charge in [0.25, 0.3) is 0 Å². The maximum Gasteiger partial charge on any atom is 0.0713 e. The van der Waals surface area contributed by atoms with E-state index in [4.69, 9.17) is 0 Å². The number of aryl methyl sites for hydroxylation is 1. The molecule has 2 rings (SSSR count). The molecular formula is C10H8BrN. The Kier molecular flexibility index (Phi) is 1.85. The van der Waals surface area contributed by atoms with Crippen LogP contribution in [0.15, 0.2) is 34.9 Å². The lowest BCUT2D eigenvalue weighted by Crippen LogP contribution is -1.80. The highest BCUT2D eigenvalue weighted by Gasteiger charge is 1.97. The van der Waals surface area contributed by atoms with Crippen LogP contribution in [0, 0.1) is 6.92 Å². The minimum atomic E-state index is 1.04. The van der Waals surface area contributed by atoms with Gasteiger partial charge in [0.15, 0.2) is 0 Å². The van der Waals surface area contributed by atoms with E-state index in [9.17, 15) is 0 Å². The van der Waals surface area contributed by atoms with Crippen LogP contribution in [0.1, 0.15) is 5.56 Å². The predicted molar refractivity (Wildman–Crippen MR) is 54.2 cm³/mol. The second-order valence-corrected chi connectivity index (χ2v) is 3.67. The molecule has 0 saturated carbocycles. The minimum absolute atomic E-state index is 1.04. The molecule has 2 heteroatoms. The molecule has 1 aromatic heterocycles. The van der Waals surface area contributed by atoms with E-state index in [-0.39, 0.29) is 0 Å². The zero-order valence-corrected chi connectivity index (χ0v) is 8.30. The van der Waals surface area contributed by atoms with E-state index in [1.54, 1.807) is 0 Å². The lowest BCUT2D eigenvalue weighted by Gasteiger charge is -1.99. The summed E-state index contributed by atoms with van der Waals surface area (Å²) in [7, 11) is 0. The van der Waals surface area contributed by atoms with Gasteiger partial charge >= 0.3 is 0 Å². The van der Waals surface area contributed by atoms with Crippen molar-refractivity contribution in [3.05, 3.63) is 40.5 Å². The van der Waals surface area contributed by atoms with Gasteiger partial charge in [0.2, 0.25) is 0 Å². The van der Waals surface area contributed by atoms with E-state index in [1.807, 2.05) is 18.3 Å². The van der Waals surface area contributed by atoms with Crippen LogP contribution in [-0.2, 0) is 0 Å². The molecule has 0 N–H and O–H groups in total. The summed E-state index contributed by atoms with van der Waals surface area (Å²) in [5.74, 6) is 0. The molecule has 0 aliphatic carbocycles. The number of fused-ring (bicyclic) bond motifs is 1. The average molecular weight is 222 g/mol. The zero-order valence-electron chi connectivity index (χ0n) is 6.71. The molecule has 0 radical (unpaired) electrons. The Labute approximate surface area is 79.6 Å². The van der Waals surface area contributed by atoms with Gasteiger partial charge in [-0.2, -0.15) is 0 Å². The van der Waals surface area contributed by atoms with Crippen LogP contribution in [0.25, 0.3) is 10.9 Å². The third kappa shape index (κ3) is 1.23. The van der Waals surface area contributed by atoms with Gasteiger partial charge in [0.05, 0.1) is 5.52 Å². The van der Waals surface area contributed by atoms with Crippen molar-refractivity contribution in [1.82, 2.24) is 4.98 Å². The molecule has 60 valence electrons. The van der Waals surface area contributed by atoms with Crippen molar-refractivity contribution in [2.24, 2.45) is 0 Å². The number of hydrogen-bond donors (Lipinski definition) is 0. The Morgan fingerprint density at radius 2 is 2.08 bits per heavy atom. The second kappa shape index (κ2) is 2.87. The van der Waals surface area contributed by atoms with Crippen molar-refractivity contribution in [2.75, 3.05) is 0 Å². The van der Waals surface area contributed by atoms with Crippen molar-refractivity contribution in [1.29, 1.82) is 0 Å². The first-order valence-electron chi connectivity index (χ1n) is 3.78. The predicted octanol–water partition coefficient (Wildman–Crippen LogP) is 3.31. The average Bonchev–Trinajstić information content (AvgIpc) is 2.07. The van der Waals surface area contributed by atoms with Crippen molar-refractivity contribution in [3.8, 4) is 0 Å². The Morgan fingerprint density at radius 1 is 1.25 bits per heavy atom. The molecule has 1 heterocycles. The normalized spacial score (nSPS) is 10.5. The van der Waals surface area contributed by atoms with Crippen molar-refractivity contribution in [2.45, 2.75) is 6.92 Å². The Bertz CT molecular complexity index is 423. The first kappa shape index (κ1) is 7.74. The van der Waals surface area contributed by atoms with E-state index in [2.05, 4.69) is 40.0 Å². The fourth-order valence-electron chi connectivity index (χ4n) is 1.23. The highest BCUT2D eigenvalue weighted by Crippen LogP contribution is 2.22. The minimum Gasteiger partial charge on any atom is -0.256 e. The Morgan fingerprint density at radius 3 is 2.92 bits per heavy atom. The maximum atomic E-state index is 4.25. The molecule has 0 bridgehead atoms. The van der Waals surface area contributed by atoms with Crippen LogP contribution in [0.2, 0.25) is 0 Å². The van der Waals surface area contributed by atoms with E-state index in [0.29, 0.717) is 0 Å². The summed E-state index contributed by atoms with van der Waals surface area (Å²) in [6, 6.07) is 8.20. The summed E-state index contributed by atoms with van der Waals surface area (Å²) < 4.78 is 1.11. The third-order valence-electron chi connectivity index (χ3n) is 1.84. The monoisotopic (exact) mass is 221 g/mol. The van der Waals surface area contributed by atoms with E-state index in [0.717, 1.165) is 9.99 Å². The van der Waals surface area contributed by atoms with Crippen LogP contribution in [0.5, 0.6) is 0 Å². The topological polar surface area (TPSA) is 12.9 Å². The van der Waals surface area contributed by atoms with Crippen LogP contribution in [0.3, 0.4) is 0 Å². The highest BCUT2D eigenvalue weighted by molar-refractivity contribution is 9.10. The third-order valence-corrected chi connectivity index (χ3v) is 2.54. The van der Waals surface area contributed by atoms with E-state index in [1.165, 1.54) is 10.9 Å². The van der Waals surface area contributed by atoms with Crippen LogP contribution < -0.4 is 0 Å². The highest BCUT2D eigenvalue weighted by atomic mass is 79.9. The summed E-state index contributed by atoms with van der Waals surface area (Å²) in [6.07, 6.45) is 1.81. The number of aromatic nitrogens is 1. The lowest BCUT2D eigenvalue weighted by molar-refractivity contribution is 1.38. The SMILES string of the molecule is Cc1ccc2nccc(Br)c2c1. The molecule has 1 nitrogen and oxygen atoms in total. The smallest absolute Gasteiger partial charge is 0.0713 e. The molecule has 0 atom stereocenters. The van der Waals surface area contributed by atoms with Crippen LogP contribution in [-0.4, -0.2) is 4.98 Å². The molecule has 0 spiro atoms. The quantitative estimate of drug-likeness (QED) is 0.666. The number of rotatable bonds is 0. The number of halogens is 1. The van der Waals surface area contributed by atoms with Gasteiger partial charge in [0, 0.05) is 16.1 Å². The van der Waals surface area contributed by atoms with Gasteiger partial charge in [-0.05, 0) is 25.1 Å². The molecule has 12 heavy (non-hydrogen) atoms. The molecule has 0 aliphatic heterocycles. The van der Waals surface area contributed by atoms with E-state index >= 15 is 0 Å². The summed E-state index contributed by atoms with van der Waals surface area (Å²) in [5.41, 5.74) is 2.30. The van der Waals surface area contributed by atoms with Crippen molar-refractivity contribution in [3.63, 3.8) is 0 Å².